The quantitative estimate of drug-likeness (QED) is 0.136. The van der Waals surface area contributed by atoms with Crippen LogP contribution in [-0.2, 0) is 35.9 Å². The van der Waals surface area contributed by atoms with E-state index < -0.39 is 47.2 Å². The fourth-order valence-electron chi connectivity index (χ4n) is 8.76. The molecule has 15 heteroatoms. The molecule has 0 saturated carbocycles. The van der Waals surface area contributed by atoms with E-state index >= 15 is 0 Å². The molecule has 0 unspecified atom stereocenters. The highest BCUT2D eigenvalue weighted by Gasteiger charge is 2.55. The van der Waals surface area contributed by atoms with Gasteiger partial charge in [0.1, 0.15) is 63.6 Å². The van der Waals surface area contributed by atoms with Crippen molar-refractivity contribution in [1.29, 1.82) is 0 Å². The van der Waals surface area contributed by atoms with Crippen molar-refractivity contribution in [3.63, 3.8) is 0 Å². The average Bonchev–Trinajstić information content (AvgIpc) is 3.35. The van der Waals surface area contributed by atoms with Crippen molar-refractivity contribution in [3.05, 3.63) is 70.8 Å². The summed E-state index contributed by atoms with van der Waals surface area (Å²) in [6.07, 6.45) is -3.71. The van der Waals surface area contributed by atoms with Gasteiger partial charge in [-0.05, 0) is 70.2 Å². The third kappa shape index (κ3) is 9.05. The summed E-state index contributed by atoms with van der Waals surface area (Å²) in [5.41, 5.74) is 4.72. The largest absolute Gasteiger partial charge is 0.497 e. The summed E-state index contributed by atoms with van der Waals surface area (Å²) in [5, 5.41) is 3.19. The summed E-state index contributed by atoms with van der Waals surface area (Å²) in [6, 6.07) is 15.9. The van der Waals surface area contributed by atoms with Crippen molar-refractivity contribution in [2.45, 2.75) is 135 Å². The van der Waals surface area contributed by atoms with Gasteiger partial charge < -0.3 is 49.9 Å². The molecule has 2 aliphatic rings. The van der Waals surface area contributed by atoms with Crippen LogP contribution < -0.4 is 28.0 Å². The topological polar surface area (TPSA) is 136 Å². The Labute approximate surface area is 389 Å². The zero-order valence-corrected chi connectivity index (χ0v) is 43.2. The van der Waals surface area contributed by atoms with Crippen LogP contribution in [-0.4, -0.2) is 72.9 Å². The van der Waals surface area contributed by atoms with Crippen LogP contribution in [0.3, 0.4) is 0 Å². The number of methoxy groups -OCH3 is 5. The Morgan fingerprint density at radius 1 is 0.439 bits per heavy atom. The molecule has 0 spiro atoms. The molecule has 2 aliphatic heterocycles. The van der Waals surface area contributed by atoms with E-state index in [-0.39, 0.29) is 28.3 Å². The van der Waals surface area contributed by atoms with E-state index in [0.29, 0.717) is 45.3 Å². The SMILES string of the molecule is COc1cc(C(C)(C)C)c2op(O[C@@H]3[C@@H]4OC[C@H]3O[C@@H](OC)[C@@H]4Op3oc4c(C(C)(C)C)cc(OC)cc4c4cc(OC)cc(C(C)(C)C)c4o3)oc3c(C(C)(C)C)cc(OC)cc3c2c1. The van der Waals surface area contributed by atoms with Gasteiger partial charge in [-0.1, -0.05) is 83.1 Å². The van der Waals surface area contributed by atoms with Crippen LogP contribution in [0.4, 0.5) is 0 Å². The summed E-state index contributed by atoms with van der Waals surface area (Å²) >= 11 is 0. The first-order chi connectivity index (χ1) is 31.0. The summed E-state index contributed by atoms with van der Waals surface area (Å²) in [6.45, 7) is 25.9. The lowest BCUT2D eigenvalue weighted by molar-refractivity contribution is -0.232. The molecule has 2 aromatic heterocycles. The second-order valence-corrected chi connectivity index (χ2v) is 23.3. The van der Waals surface area contributed by atoms with Gasteiger partial charge >= 0.3 is 16.5 Å². The number of benzene rings is 4. The van der Waals surface area contributed by atoms with E-state index in [9.17, 15) is 0 Å². The Bertz CT molecular complexity index is 2700. The van der Waals surface area contributed by atoms with E-state index in [0.717, 1.165) is 43.8 Å². The maximum Gasteiger partial charge on any atom is 0.387 e. The second-order valence-electron chi connectivity index (χ2n) is 21.2. The summed E-state index contributed by atoms with van der Waals surface area (Å²) < 4.78 is 84.8. The highest BCUT2D eigenvalue weighted by atomic mass is 31.1. The number of rotatable bonds is 9. The molecule has 4 heterocycles. The number of ether oxygens (including phenoxy) is 7. The molecule has 2 fully saturated rings. The molecule has 2 saturated heterocycles. The fourth-order valence-corrected chi connectivity index (χ4v) is 11.3. The van der Waals surface area contributed by atoms with Gasteiger partial charge in [0.15, 0.2) is 12.4 Å². The van der Waals surface area contributed by atoms with Gasteiger partial charge in [0.25, 0.3) is 0 Å². The van der Waals surface area contributed by atoms with Gasteiger partial charge in [-0.15, -0.1) is 0 Å². The van der Waals surface area contributed by atoms with Crippen LogP contribution in [0.5, 0.6) is 23.0 Å². The molecule has 66 heavy (non-hydrogen) atoms. The van der Waals surface area contributed by atoms with Crippen molar-refractivity contribution in [2.24, 2.45) is 0 Å². The van der Waals surface area contributed by atoms with Crippen LogP contribution in [0.2, 0.25) is 0 Å². The van der Waals surface area contributed by atoms with Crippen molar-refractivity contribution >= 4 is 60.4 Å². The lowest BCUT2D eigenvalue weighted by Gasteiger charge is -2.37. The molecule has 4 aromatic carbocycles. The molecule has 8 rings (SSSR count). The average molecular weight is 949 g/mol. The summed E-state index contributed by atoms with van der Waals surface area (Å²) in [5.74, 6) is 2.75. The Morgan fingerprint density at radius 2 is 0.742 bits per heavy atom. The standard InChI is InChI=1S/C51H66O13P2/c1-48(2,3)35-22-27(52-13)18-31-32-19-28(53-14)23-36(49(4,5)6)41(32)60-65(59-40(31)35)63-44-39-26-57-45(44)46(47(56-17)58-39)64-66-61-42-33(20-29(54-15)24-37(42)50(7,8)9)34-21-30(55-16)25-38(43(34)62-66)51(10,11)12/h18-25,39,44-47H,26H2,1-17H3/t39-,44+,45+,46-,47-/m1/s1. The highest BCUT2D eigenvalue weighted by molar-refractivity contribution is 7.32. The predicted molar refractivity (Wildman–Crippen MR) is 260 cm³/mol. The predicted octanol–water partition coefficient (Wildman–Crippen LogP) is 13.2. The Balaban J connectivity index is 1.33. The first-order valence-electron chi connectivity index (χ1n) is 22.3. The van der Waals surface area contributed by atoms with E-state index in [1.807, 2.05) is 48.5 Å². The molecule has 13 nitrogen and oxygen atoms in total. The maximum absolute atomic E-state index is 7.06. The minimum atomic E-state index is -2.21. The van der Waals surface area contributed by atoms with Gasteiger partial charge in [0.2, 0.25) is 0 Å². The van der Waals surface area contributed by atoms with Crippen LogP contribution in [0, 0.1) is 0 Å². The van der Waals surface area contributed by atoms with Crippen molar-refractivity contribution in [2.75, 3.05) is 42.2 Å². The Morgan fingerprint density at radius 3 is 1.02 bits per heavy atom. The van der Waals surface area contributed by atoms with Crippen LogP contribution in [0.25, 0.3) is 43.9 Å². The highest BCUT2D eigenvalue weighted by Crippen LogP contribution is 2.49. The minimum Gasteiger partial charge on any atom is -0.497 e. The monoisotopic (exact) mass is 948 g/mol. The van der Waals surface area contributed by atoms with Gasteiger partial charge in [0.05, 0.1) is 35.0 Å². The van der Waals surface area contributed by atoms with E-state index in [2.05, 4.69) is 83.1 Å². The Kier molecular flexibility index (Phi) is 12.9. The van der Waals surface area contributed by atoms with Crippen molar-refractivity contribution < 1.29 is 59.0 Å². The molecule has 0 radical (unpaired) electrons. The lowest BCUT2D eigenvalue weighted by Crippen LogP contribution is -2.57. The molecule has 0 aliphatic carbocycles. The molecule has 0 amide bonds. The van der Waals surface area contributed by atoms with Crippen LogP contribution in [0.1, 0.15) is 105 Å². The molecule has 5 atom stereocenters. The normalized spacial score (nSPS) is 20.3. The zero-order valence-electron chi connectivity index (χ0n) is 41.4. The summed E-state index contributed by atoms with van der Waals surface area (Å²) in [7, 11) is 3.88. The third-order valence-corrected chi connectivity index (χ3v) is 14.5. The summed E-state index contributed by atoms with van der Waals surface area (Å²) in [4.78, 5) is 0. The molecule has 2 bridgehead atoms. The lowest BCUT2D eigenvalue weighted by atomic mass is 9.84. The van der Waals surface area contributed by atoms with Crippen molar-refractivity contribution in [3.8, 4) is 23.0 Å². The molecule has 0 N–H and O–H groups in total. The number of hydrogen-bond donors (Lipinski definition) is 0. The molecule has 6 aromatic rings. The number of hydrogen-bond acceptors (Lipinski definition) is 13. The van der Waals surface area contributed by atoms with E-state index in [1.54, 1.807) is 35.5 Å². The van der Waals surface area contributed by atoms with Gasteiger partial charge in [-0.3, -0.25) is 9.05 Å². The second kappa shape index (κ2) is 17.6. The maximum atomic E-state index is 7.06. The Hall–Kier alpha value is -4.32. The minimum absolute atomic E-state index is 0.216. The fraction of sp³-hybridized carbons (Fsp3) is 0.529. The van der Waals surface area contributed by atoms with E-state index in [4.69, 9.17) is 59.0 Å². The molecule has 358 valence electrons. The van der Waals surface area contributed by atoms with Crippen LogP contribution in [0.15, 0.2) is 65.3 Å². The first-order valence-corrected chi connectivity index (χ1v) is 24.5. The van der Waals surface area contributed by atoms with E-state index in [1.165, 1.54) is 0 Å². The molecular weight excluding hydrogens is 882 g/mol. The van der Waals surface area contributed by atoms with Crippen molar-refractivity contribution in [1.82, 2.24) is 0 Å². The first kappa shape index (κ1) is 48.1. The smallest absolute Gasteiger partial charge is 0.387 e. The van der Waals surface area contributed by atoms with Gasteiger partial charge in [0, 0.05) is 50.9 Å². The van der Waals surface area contributed by atoms with Gasteiger partial charge in [-0.25, -0.2) is 0 Å². The number of fused-ring (bicyclic) bond motifs is 8. The van der Waals surface area contributed by atoms with Gasteiger partial charge in [-0.2, -0.15) is 0 Å². The van der Waals surface area contributed by atoms with Crippen LogP contribution >= 0.6 is 16.5 Å². The molecular formula is C51H66O13P2. The third-order valence-electron chi connectivity index (χ3n) is 12.4. The zero-order chi connectivity index (χ0) is 47.8.